The van der Waals surface area contributed by atoms with Gasteiger partial charge in [0.05, 0.1) is 25.9 Å². The highest BCUT2D eigenvalue weighted by molar-refractivity contribution is 5.75. The minimum Gasteiger partial charge on any atom is -0.464 e. The van der Waals surface area contributed by atoms with E-state index >= 15 is 0 Å². The minimum atomic E-state index is -0.543. The standard InChI is InChI=1S/C8H14O4/c1-3-10-8(9)7-6(2)11-4-5-12-7/h6-7H,3-5H2,1-2H3. The van der Waals surface area contributed by atoms with Crippen LogP contribution in [0.4, 0.5) is 0 Å². The van der Waals surface area contributed by atoms with Crippen molar-refractivity contribution in [3.63, 3.8) is 0 Å². The van der Waals surface area contributed by atoms with E-state index in [2.05, 4.69) is 0 Å². The van der Waals surface area contributed by atoms with Crippen molar-refractivity contribution in [3.8, 4) is 0 Å². The molecule has 2 unspecified atom stereocenters. The SMILES string of the molecule is CCOC(=O)C1OCCOC1C. The highest BCUT2D eigenvalue weighted by Gasteiger charge is 2.30. The molecule has 12 heavy (non-hydrogen) atoms. The van der Waals surface area contributed by atoms with Crippen LogP contribution in [0, 0.1) is 0 Å². The smallest absolute Gasteiger partial charge is 0.337 e. The summed E-state index contributed by atoms with van der Waals surface area (Å²) in [6.45, 7) is 4.98. The second-order valence-electron chi connectivity index (χ2n) is 2.62. The van der Waals surface area contributed by atoms with E-state index in [9.17, 15) is 4.79 Å². The Morgan fingerprint density at radius 2 is 2.17 bits per heavy atom. The van der Waals surface area contributed by atoms with Gasteiger partial charge in [0.2, 0.25) is 0 Å². The van der Waals surface area contributed by atoms with Gasteiger partial charge in [-0.3, -0.25) is 0 Å². The molecule has 1 saturated heterocycles. The molecular formula is C8H14O4. The van der Waals surface area contributed by atoms with Gasteiger partial charge in [0, 0.05) is 0 Å². The average Bonchev–Trinajstić information content (AvgIpc) is 2.05. The van der Waals surface area contributed by atoms with Crippen LogP contribution in [0.5, 0.6) is 0 Å². The first kappa shape index (κ1) is 9.48. The molecule has 0 aromatic rings. The van der Waals surface area contributed by atoms with Crippen LogP contribution < -0.4 is 0 Å². The molecule has 0 amide bonds. The summed E-state index contributed by atoms with van der Waals surface area (Å²) in [6.07, 6.45) is -0.739. The first-order valence-electron chi connectivity index (χ1n) is 4.15. The first-order valence-corrected chi connectivity index (χ1v) is 4.15. The Bertz CT molecular complexity index is 157. The van der Waals surface area contributed by atoms with E-state index in [1.165, 1.54) is 0 Å². The van der Waals surface area contributed by atoms with Gasteiger partial charge < -0.3 is 14.2 Å². The van der Waals surface area contributed by atoms with Crippen LogP contribution in [0.15, 0.2) is 0 Å². The van der Waals surface area contributed by atoms with Gasteiger partial charge in [-0.1, -0.05) is 0 Å². The van der Waals surface area contributed by atoms with Gasteiger partial charge in [-0.25, -0.2) is 4.79 Å². The number of carbonyl (C=O) groups is 1. The molecule has 2 atom stereocenters. The molecule has 1 heterocycles. The van der Waals surface area contributed by atoms with Gasteiger partial charge in [-0.05, 0) is 13.8 Å². The molecular weight excluding hydrogens is 160 g/mol. The molecule has 4 nitrogen and oxygen atoms in total. The van der Waals surface area contributed by atoms with Crippen molar-refractivity contribution in [2.45, 2.75) is 26.1 Å². The van der Waals surface area contributed by atoms with Crippen molar-refractivity contribution in [2.75, 3.05) is 19.8 Å². The van der Waals surface area contributed by atoms with Crippen molar-refractivity contribution >= 4 is 5.97 Å². The number of rotatable bonds is 2. The number of esters is 1. The summed E-state index contributed by atoms with van der Waals surface area (Å²) in [5.41, 5.74) is 0. The number of carbonyl (C=O) groups excluding carboxylic acids is 1. The fraction of sp³-hybridized carbons (Fsp3) is 0.875. The summed E-state index contributed by atoms with van der Waals surface area (Å²) in [6, 6.07) is 0. The molecule has 1 rings (SSSR count). The lowest BCUT2D eigenvalue weighted by atomic mass is 10.2. The molecule has 1 fully saturated rings. The quantitative estimate of drug-likeness (QED) is 0.567. The Labute approximate surface area is 71.8 Å². The lowest BCUT2D eigenvalue weighted by molar-refractivity contribution is -0.182. The molecule has 0 aromatic carbocycles. The fourth-order valence-corrected chi connectivity index (χ4v) is 1.12. The lowest BCUT2D eigenvalue weighted by Gasteiger charge is -2.27. The Hall–Kier alpha value is -0.610. The molecule has 0 aromatic heterocycles. The predicted molar refractivity (Wildman–Crippen MR) is 41.8 cm³/mol. The van der Waals surface area contributed by atoms with Crippen molar-refractivity contribution in [3.05, 3.63) is 0 Å². The maximum absolute atomic E-state index is 11.2. The number of hydrogen-bond donors (Lipinski definition) is 0. The van der Waals surface area contributed by atoms with Gasteiger partial charge in [-0.15, -0.1) is 0 Å². The van der Waals surface area contributed by atoms with Crippen molar-refractivity contribution in [1.29, 1.82) is 0 Å². The van der Waals surface area contributed by atoms with E-state index in [1.54, 1.807) is 13.8 Å². The zero-order valence-electron chi connectivity index (χ0n) is 7.41. The molecule has 70 valence electrons. The maximum atomic E-state index is 11.2. The van der Waals surface area contributed by atoms with E-state index in [4.69, 9.17) is 14.2 Å². The molecule has 0 radical (unpaired) electrons. The summed E-state index contributed by atoms with van der Waals surface area (Å²) >= 11 is 0. The van der Waals surface area contributed by atoms with E-state index < -0.39 is 6.10 Å². The highest BCUT2D eigenvalue weighted by Crippen LogP contribution is 2.10. The molecule has 0 aliphatic carbocycles. The van der Waals surface area contributed by atoms with E-state index in [-0.39, 0.29) is 12.1 Å². The first-order chi connectivity index (χ1) is 5.75. The lowest BCUT2D eigenvalue weighted by Crippen LogP contribution is -2.42. The molecule has 0 saturated carbocycles. The third-order valence-electron chi connectivity index (χ3n) is 1.71. The van der Waals surface area contributed by atoms with Gasteiger partial charge >= 0.3 is 5.97 Å². The topological polar surface area (TPSA) is 44.8 Å². The normalized spacial score (nSPS) is 29.8. The van der Waals surface area contributed by atoms with Crippen LogP contribution >= 0.6 is 0 Å². The molecule has 0 N–H and O–H groups in total. The molecule has 1 aliphatic heterocycles. The Kier molecular flexibility index (Phi) is 3.49. The van der Waals surface area contributed by atoms with Gasteiger partial charge in [0.15, 0.2) is 6.10 Å². The van der Waals surface area contributed by atoms with Crippen LogP contribution in [-0.2, 0) is 19.0 Å². The summed E-state index contributed by atoms with van der Waals surface area (Å²) in [5, 5.41) is 0. The van der Waals surface area contributed by atoms with Crippen molar-refractivity contribution in [1.82, 2.24) is 0 Å². The van der Waals surface area contributed by atoms with Gasteiger partial charge in [0.25, 0.3) is 0 Å². The Morgan fingerprint density at radius 1 is 1.50 bits per heavy atom. The van der Waals surface area contributed by atoms with Crippen LogP contribution in [-0.4, -0.2) is 38.0 Å². The van der Waals surface area contributed by atoms with E-state index in [0.717, 1.165) is 0 Å². The molecule has 1 aliphatic rings. The predicted octanol–water partition coefficient (Wildman–Crippen LogP) is 0.353. The average molecular weight is 174 g/mol. The number of ether oxygens (including phenoxy) is 3. The second kappa shape index (κ2) is 4.42. The van der Waals surface area contributed by atoms with Crippen LogP contribution in [0.3, 0.4) is 0 Å². The third-order valence-corrected chi connectivity index (χ3v) is 1.71. The van der Waals surface area contributed by atoms with Gasteiger partial charge in [0.1, 0.15) is 0 Å². The third kappa shape index (κ3) is 2.19. The van der Waals surface area contributed by atoms with Crippen LogP contribution in [0.1, 0.15) is 13.8 Å². The molecule has 4 heteroatoms. The zero-order valence-corrected chi connectivity index (χ0v) is 7.41. The molecule has 0 bridgehead atoms. The fourth-order valence-electron chi connectivity index (χ4n) is 1.12. The summed E-state index contributed by atoms with van der Waals surface area (Å²) < 4.78 is 15.2. The zero-order chi connectivity index (χ0) is 8.97. The highest BCUT2D eigenvalue weighted by atomic mass is 16.6. The minimum absolute atomic E-state index is 0.196. The second-order valence-corrected chi connectivity index (χ2v) is 2.62. The Morgan fingerprint density at radius 3 is 2.75 bits per heavy atom. The largest absolute Gasteiger partial charge is 0.464 e. The van der Waals surface area contributed by atoms with E-state index in [1.807, 2.05) is 0 Å². The summed E-state index contributed by atoms with van der Waals surface area (Å²) in [4.78, 5) is 11.2. The van der Waals surface area contributed by atoms with Gasteiger partial charge in [-0.2, -0.15) is 0 Å². The Balaban J connectivity index is 2.42. The van der Waals surface area contributed by atoms with E-state index in [0.29, 0.717) is 19.8 Å². The van der Waals surface area contributed by atoms with Crippen molar-refractivity contribution in [2.24, 2.45) is 0 Å². The van der Waals surface area contributed by atoms with Crippen LogP contribution in [0.2, 0.25) is 0 Å². The monoisotopic (exact) mass is 174 g/mol. The molecule has 0 spiro atoms. The number of hydrogen-bond acceptors (Lipinski definition) is 4. The summed E-state index contributed by atoms with van der Waals surface area (Å²) in [5.74, 6) is -0.329. The maximum Gasteiger partial charge on any atom is 0.337 e. The van der Waals surface area contributed by atoms with Crippen molar-refractivity contribution < 1.29 is 19.0 Å². The van der Waals surface area contributed by atoms with Crippen LogP contribution in [0.25, 0.3) is 0 Å². The summed E-state index contributed by atoms with van der Waals surface area (Å²) in [7, 11) is 0.